The molecule has 0 fully saturated rings. The maximum Gasteiger partial charge on any atom is 0.254 e. The van der Waals surface area contributed by atoms with Crippen LogP contribution in [-0.4, -0.2) is 50.3 Å². The minimum atomic E-state index is -3.64. The van der Waals surface area contributed by atoms with Crippen LogP contribution >= 0.6 is 0 Å². The summed E-state index contributed by atoms with van der Waals surface area (Å²) < 4.78 is 26.4. The number of nitrogens with zero attached hydrogens (tertiary/aromatic N) is 1. The molecule has 2 amide bonds. The summed E-state index contributed by atoms with van der Waals surface area (Å²) in [6.45, 7) is 11.2. The Labute approximate surface area is 155 Å². The third kappa shape index (κ3) is 6.61. The van der Waals surface area contributed by atoms with Crippen molar-refractivity contribution < 1.29 is 18.0 Å². The van der Waals surface area contributed by atoms with Crippen LogP contribution in [0.1, 0.15) is 38.1 Å². The van der Waals surface area contributed by atoms with Crippen LogP contribution in [-0.2, 0) is 14.8 Å². The first-order valence-electron chi connectivity index (χ1n) is 8.31. The highest BCUT2D eigenvalue weighted by atomic mass is 32.2. The van der Waals surface area contributed by atoms with Crippen LogP contribution in [0.25, 0.3) is 0 Å². The predicted octanol–water partition coefficient (Wildman–Crippen LogP) is 1.53. The zero-order valence-corrected chi connectivity index (χ0v) is 16.5. The van der Waals surface area contributed by atoms with Crippen LogP contribution in [0.2, 0.25) is 0 Å². The van der Waals surface area contributed by atoms with Crippen LogP contribution in [0.3, 0.4) is 0 Å². The van der Waals surface area contributed by atoms with Crippen molar-refractivity contribution >= 4 is 21.8 Å². The molecule has 7 nitrogen and oxygen atoms in total. The zero-order valence-electron chi connectivity index (χ0n) is 15.7. The van der Waals surface area contributed by atoms with E-state index in [0.29, 0.717) is 12.1 Å². The van der Waals surface area contributed by atoms with E-state index in [2.05, 4.69) is 16.6 Å². The Morgan fingerprint density at radius 1 is 1.19 bits per heavy atom. The van der Waals surface area contributed by atoms with Gasteiger partial charge in [-0.2, -0.15) is 0 Å². The monoisotopic (exact) mass is 381 g/mol. The summed E-state index contributed by atoms with van der Waals surface area (Å²) in [6, 6.07) is 5.60. The number of rotatable bonds is 8. The maximum atomic E-state index is 12.6. The van der Waals surface area contributed by atoms with Crippen molar-refractivity contribution in [1.82, 2.24) is 14.9 Å². The summed E-state index contributed by atoms with van der Waals surface area (Å²) >= 11 is 0. The minimum absolute atomic E-state index is 0.0597. The molecule has 0 unspecified atom stereocenters. The van der Waals surface area contributed by atoms with Gasteiger partial charge in [0.15, 0.2) is 0 Å². The lowest BCUT2D eigenvalue weighted by molar-refractivity contribution is -0.123. The third-order valence-corrected chi connectivity index (χ3v) is 4.79. The van der Waals surface area contributed by atoms with Crippen LogP contribution in [0.5, 0.6) is 0 Å². The summed E-state index contributed by atoms with van der Waals surface area (Å²) in [5.41, 5.74) is -0.0633. The van der Waals surface area contributed by atoms with Gasteiger partial charge in [0.25, 0.3) is 5.91 Å². The lowest BCUT2D eigenvalue weighted by Crippen LogP contribution is -2.47. The number of likely N-dealkylation sites (N-methyl/N-ethyl adjacent to an activating group) is 1. The highest BCUT2D eigenvalue weighted by Crippen LogP contribution is 2.12. The number of benzene rings is 1. The van der Waals surface area contributed by atoms with Crippen LogP contribution in [0.4, 0.5) is 0 Å². The summed E-state index contributed by atoms with van der Waals surface area (Å²) in [6.07, 6.45) is 1.44. The summed E-state index contributed by atoms with van der Waals surface area (Å²) in [5.74, 6) is -0.583. The standard InChI is InChI=1S/C18H27N3O4S/c1-6-12-19-26(24,25)15-10-8-14(9-11-15)17(23)21(7-2)13-16(22)20-18(3,4)5/h6,8-11,19H,1,7,12-13H2,2-5H3,(H,20,22). The Bertz CT molecular complexity index is 750. The molecule has 0 saturated heterocycles. The molecule has 0 bridgehead atoms. The van der Waals surface area contributed by atoms with Crippen molar-refractivity contribution in [2.45, 2.75) is 38.1 Å². The fourth-order valence-electron chi connectivity index (χ4n) is 2.17. The second kappa shape index (κ2) is 8.95. The van der Waals surface area contributed by atoms with E-state index in [-0.39, 0.29) is 35.3 Å². The molecule has 0 heterocycles. The number of hydrogen-bond acceptors (Lipinski definition) is 4. The molecule has 26 heavy (non-hydrogen) atoms. The van der Waals surface area contributed by atoms with E-state index in [1.54, 1.807) is 6.92 Å². The Kier molecular flexibility index (Phi) is 7.53. The normalized spacial score (nSPS) is 11.7. The summed E-state index contributed by atoms with van der Waals surface area (Å²) in [5, 5.41) is 2.81. The van der Waals surface area contributed by atoms with Crippen molar-refractivity contribution in [3.05, 3.63) is 42.5 Å². The van der Waals surface area contributed by atoms with Crippen molar-refractivity contribution in [3.63, 3.8) is 0 Å². The van der Waals surface area contributed by atoms with Gasteiger partial charge in [-0.05, 0) is 52.0 Å². The van der Waals surface area contributed by atoms with Crippen LogP contribution in [0, 0.1) is 0 Å². The SMILES string of the molecule is C=CCNS(=O)(=O)c1ccc(C(=O)N(CC)CC(=O)NC(C)(C)C)cc1. The van der Waals surface area contributed by atoms with Gasteiger partial charge in [-0.3, -0.25) is 9.59 Å². The molecular weight excluding hydrogens is 354 g/mol. The van der Waals surface area contributed by atoms with Gasteiger partial charge in [-0.1, -0.05) is 6.08 Å². The molecule has 8 heteroatoms. The molecule has 0 aliphatic carbocycles. The highest BCUT2D eigenvalue weighted by Gasteiger charge is 2.21. The van der Waals surface area contributed by atoms with Gasteiger partial charge in [0.1, 0.15) is 0 Å². The first-order chi connectivity index (χ1) is 12.0. The highest BCUT2D eigenvalue weighted by molar-refractivity contribution is 7.89. The van der Waals surface area contributed by atoms with Gasteiger partial charge in [-0.15, -0.1) is 6.58 Å². The first-order valence-corrected chi connectivity index (χ1v) is 9.79. The van der Waals surface area contributed by atoms with E-state index in [4.69, 9.17) is 0 Å². The molecule has 144 valence electrons. The average Bonchev–Trinajstić information content (AvgIpc) is 2.56. The molecule has 1 rings (SSSR count). The van der Waals surface area contributed by atoms with E-state index < -0.39 is 10.0 Å². The molecule has 1 aromatic rings. The average molecular weight is 381 g/mol. The first kappa shape index (κ1) is 21.9. The Balaban J connectivity index is 2.88. The Morgan fingerprint density at radius 3 is 2.23 bits per heavy atom. The fourth-order valence-corrected chi connectivity index (χ4v) is 3.17. The molecule has 0 spiro atoms. The second-order valence-corrected chi connectivity index (χ2v) is 8.55. The predicted molar refractivity (Wildman–Crippen MR) is 101 cm³/mol. The lowest BCUT2D eigenvalue weighted by Gasteiger charge is -2.25. The number of amides is 2. The van der Waals surface area contributed by atoms with Crippen molar-refractivity contribution in [2.75, 3.05) is 19.6 Å². The summed E-state index contributed by atoms with van der Waals surface area (Å²) in [4.78, 5) is 26.1. The summed E-state index contributed by atoms with van der Waals surface area (Å²) in [7, 11) is -3.64. The molecule has 0 aliphatic heterocycles. The second-order valence-electron chi connectivity index (χ2n) is 6.78. The Hall–Kier alpha value is -2.19. The van der Waals surface area contributed by atoms with Gasteiger partial charge >= 0.3 is 0 Å². The van der Waals surface area contributed by atoms with Gasteiger partial charge in [0.05, 0.1) is 11.4 Å². The number of nitrogens with one attached hydrogen (secondary N) is 2. The molecule has 0 radical (unpaired) electrons. The van der Waals surface area contributed by atoms with Gasteiger partial charge in [0.2, 0.25) is 15.9 Å². The molecular formula is C18H27N3O4S. The molecule has 0 saturated carbocycles. The molecule has 0 aromatic heterocycles. The van der Waals surface area contributed by atoms with E-state index in [1.807, 2.05) is 20.8 Å². The van der Waals surface area contributed by atoms with Gasteiger partial charge in [-0.25, -0.2) is 13.1 Å². The van der Waals surface area contributed by atoms with Gasteiger partial charge in [0, 0.05) is 24.2 Å². The van der Waals surface area contributed by atoms with E-state index in [1.165, 1.54) is 35.2 Å². The zero-order chi connectivity index (χ0) is 20.0. The van der Waals surface area contributed by atoms with Crippen molar-refractivity contribution in [2.24, 2.45) is 0 Å². The van der Waals surface area contributed by atoms with Crippen molar-refractivity contribution in [3.8, 4) is 0 Å². The molecule has 0 aliphatic rings. The van der Waals surface area contributed by atoms with Crippen LogP contribution in [0.15, 0.2) is 41.8 Å². The molecule has 1 aromatic carbocycles. The Morgan fingerprint density at radius 2 is 1.77 bits per heavy atom. The smallest absolute Gasteiger partial charge is 0.254 e. The van der Waals surface area contributed by atoms with E-state index in [0.717, 1.165) is 0 Å². The van der Waals surface area contributed by atoms with E-state index in [9.17, 15) is 18.0 Å². The van der Waals surface area contributed by atoms with E-state index >= 15 is 0 Å². The molecule has 0 atom stereocenters. The van der Waals surface area contributed by atoms with Crippen LogP contribution < -0.4 is 10.0 Å². The number of hydrogen-bond donors (Lipinski definition) is 2. The maximum absolute atomic E-state index is 12.6. The quantitative estimate of drug-likeness (QED) is 0.668. The number of carbonyl (C=O) groups is 2. The van der Waals surface area contributed by atoms with Gasteiger partial charge < -0.3 is 10.2 Å². The largest absolute Gasteiger partial charge is 0.350 e. The number of carbonyl (C=O) groups excluding carboxylic acids is 2. The lowest BCUT2D eigenvalue weighted by atomic mass is 10.1. The third-order valence-electron chi connectivity index (χ3n) is 3.35. The number of sulfonamides is 1. The molecule has 2 N–H and O–H groups in total. The topological polar surface area (TPSA) is 95.6 Å². The fraction of sp³-hybridized carbons (Fsp3) is 0.444. The van der Waals surface area contributed by atoms with Crippen molar-refractivity contribution in [1.29, 1.82) is 0 Å². The minimum Gasteiger partial charge on any atom is -0.350 e.